The summed E-state index contributed by atoms with van der Waals surface area (Å²) in [7, 11) is 4.24. The van der Waals surface area contributed by atoms with Gasteiger partial charge in [-0.1, -0.05) is 20.8 Å². The topological polar surface area (TPSA) is 33.1 Å². The van der Waals surface area contributed by atoms with Crippen molar-refractivity contribution in [3.63, 3.8) is 0 Å². The highest BCUT2D eigenvalue weighted by Crippen LogP contribution is 2.32. The first-order chi connectivity index (χ1) is 9.51. The summed E-state index contributed by atoms with van der Waals surface area (Å²) in [4.78, 5) is 2.51. The van der Waals surface area contributed by atoms with Crippen molar-refractivity contribution in [2.24, 2.45) is 18.9 Å². The summed E-state index contributed by atoms with van der Waals surface area (Å²) in [5.41, 5.74) is 1.30. The van der Waals surface area contributed by atoms with E-state index >= 15 is 0 Å². The van der Waals surface area contributed by atoms with Crippen molar-refractivity contribution in [1.29, 1.82) is 0 Å². The van der Waals surface area contributed by atoms with Gasteiger partial charge in [-0.3, -0.25) is 9.58 Å². The molecule has 0 radical (unpaired) electrons. The molecule has 0 aromatic carbocycles. The largest absolute Gasteiger partial charge is 0.313 e. The van der Waals surface area contributed by atoms with E-state index in [1.54, 1.807) is 0 Å². The molecule has 1 aliphatic rings. The minimum absolute atomic E-state index is 0.612. The SMILES string of the molecule is CCNC1CC(C)CC(C)C1N(C)Cc1cnn(C)c1. The Balaban J connectivity index is 2.05. The molecule has 4 atom stereocenters. The van der Waals surface area contributed by atoms with Gasteiger partial charge in [-0.05, 0) is 38.3 Å². The minimum atomic E-state index is 0.612. The van der Waals surface area contributed by atoms with E-state index in [4.69, 9.17) is 0 Å². The average molecular weight is 278 g/mol. The molecular formula is C16H30N4. The highest BCUT2D eigenvalue weighted by Gasteiger charge is 2.35. The predicted octanol–water partition coefficient (Wildman–Crippen LogP) is 2.26. The van der Waals surface area contributed by atoms with E-state index in [1.807, 2.05) is 17.9 Å². The van der Waals surface area contributed by atoms with Crippen LogP contribution in [0.2, 0.25) is 0 Å². The van der Waals surface area contributed by atoms with Crippen LogP contribution in [0.1, 0.15) is 39.2 Å². The Morgan fingerprint density at radius 3 is 2.75 bits per heavy atom. The molecule has 1 saturated carbocycles. The van der Waals surface area contributed by atoms with E-state index in [0.29, 0.717) is 12.1 Å². The maximum absolute atomic E-state index is 4.28. The van der Waals surface area contributed by atoms with Crippen molar-refractivity contribution in [2.45, 2.75) is 52.2 Å². The standard InChI is InChI=1S/C16H30N4/c1-6-17-15-8-12(2)7-13(3)16(15)19(4)10-14-9-18-20(5)11-14/h9,11-13,15-17H,6-8,10H2,1-5H3. The summed E-state index contributed by atoms with van der Waals surface area (Å²) in [6.07, 6.45) is 6.73. The number of nitrogens with zero attached hydrogens (tertiary/aromatic N) is 3. The molecule has 1 aromatic heterocycles. The number of hydrogen-bond donors (Lipinski definition) is 1. The summed E-state index contributed by atoms with van der Waals surface area (Å²) in [6, 6.07) is 1.23. The summed E-state index contributed by atoms with van der Waals surface area (Å²) in [5.74, 6) is 1.57. The van der Waals surface area contributed by atoms with Gasteiger partial charge in [-0.25, -0.2) is 0 Å². The monoisotopic (exact) mass is 278 g/mol. The number of nitrogens with one attached hydrogen (secondary N) is 1. The van der Waals surface area contributed by atoms with Crippen LogP contribution < -0.4 is 5.32 Å². The first-order valence-electron chi connectivity index (χ1n) is 7.92. The fourth-order valence-electron chi connectivity index (χ4n) is 3.99. The van der Waals surface area contributed by atoms with Crippen LogP contribution in [0.4, 0.5) is 0 Å². The molecule has 114 valence electrons. The lowest BCUT2D eigenvalue weighted by atomic mass is 9.76. The Hall–Kier alpha value is -0.870. The zero-order valence-electron chi connectivity index (χ0n) is 13.6. The van der Waals surface area contributed by atoms with Crippen LogP contribution in [0.15, 0.2) is 12.4 Å². The third-order valence-corrected chi connectivity index (χ3v) is 4.59. The lowest BCUT2D eigenvalue weighted by molar-refractivity contribution is 0.0761. The van der Waals surface area contributed by atoms with E-state index in [1.165, 1.54) is 18.4 Å². The number of likely N-dealkylation sites (N-methyl/N-ethyl adjacent to an activating group) is 2. The normalized spacial score (nSPS) is 30.9. The van der Waals surface area contributed by atoms with Gasteiger partial charge in [0.05, 0.1) is 6.20 Å². The van der Waals surface area contributed by atoms with E-state index in [-0.39, 0.29) is 0 Å². The Morgan fingerprint density at radius 2 is 2.15 bits per heavy atom. The van der Waals surface area contributed by atoms with Crippen LogP contribution in [0.5, 0.6) is 0 Å². The Bertz CT molecular complexity index is 414. The molecule has 4 nitrogen and oxygen atoms in total. The first-order valence-corrected chi connectivity index (χ1v) is 7.92. The molecular weight excluding hydrogens is 248 g/mol. The second kappa shape index (κ2) is 6.72. The molecule has 20 heavy (non-hydrogen) atoms. The van der Waals surface area contributed by atoms with Gasteiger partial charge in [-0.2, -0.15) is 5.10 Å². The highest BCUT2D eigenvalue weighted by molar-refractivity contribution is 5.04. The Labute approximate surface area is 123 Å². The number of hydrogen-bond acceptors (Lipinski definition) is 3. The molecule has 1 heterocycles. The van der Waals surface area contributed by atoms with Gasteiger partial charge in [-0.15, -0.1) is 0 Å². The smallest absolute Gasteiger partial charge is 0.0534 e. The molecule has 2 rings (SSSR count). The quantitative estimate of drug-likeness (QED) is 0.897. The van der Waals surface area contributed by atoms with Gasteiger partial charge >= 0.3 is 0 Å². The molecule has 0 bridgehead atoms. The molecule has 1 aliphatic carbocycles. The third-order valence-electron chi connectivity index (χ3n) is 4.59. The fourth-order valence-corrected chi connectivity index (χ4v) is 3.99. The summed E-state index contributed by atoms with van der Waals surface area (Å²) in [6.45, 7) is 9.05. The zero-order chi connectivity index (χ0) is 14.7. The lowest BCUT2D eigenvalue weighted by Crippen LogP contribution is -2.55. The lowest BCUT2D eigenvalue weighted by Gasteiger charge is -2.44. The van der Waals surface area contributed by atoms with Crippen LogP contribution in [-0.4, -0.2) is 40.4 Å². The van der Waals surface area contributed by atoms with Gasteiger partial charge in [0, 0.05) is 37.4 Å². The summed E-state index contributed by atoms with van der Waals surface area (Å²) < 4.78 is 1.89. The number of aromatic nitrogens is 2. The second-order valence-corrected chi connectivity index (χ2v) is 6.65. The molecule has 1 fully saturated rings. The molecule has 0 amide bonds. The molecule has 4 heteroatoms. The van der Waals surface area contributed by atoms with Gasteiger partial charge in [0.25, 0.3) is 0 Å². The van der Waals surface area contributed by atoms with Gasteiger partial charge < -0.3 is 5.32 Å². The predicted molar refractivity (Wildman–Crippen MR) is 83.5 cm³/mol. The van der Waals surface area contributed by atoms with Gasteiger partial charge in [0.1, 0.15) is 0 Å². The molecule has 0 spiro atoms. The van der Waals surface area contributed by atoms with Gasteiger partial charge in [0.15, 0.2) is 0 Å². The Morgan fingerprint density at radius 1 is 1.40 bits per heavy atom. The zero-order valence-corrected chi connectivity index (χ0v) is 13.6. The summed E-state index contributed by atoms with van der Waals surface area (Å²) in [5, 5.41) is 7.98. The first kappa shape index (κ1) is 15.5. The van der Waals surface area contributed by atoms with E-state index in [2.05, 4.69) is 49.3 Å². The summed E-state index contributed by atoms with van der Waals surface area (Å²) >= 11 is 0. The maximum Gasteiger partial charge on any atom is 0.0534 e. The van der Waals surface area contributed by atoms with Crippen molar-refractivity contribution in [1.82, 2.24) is 20.0 Å². The van der Waals surface area contributed by atoms with Gasteiger partial charge in [0.2, 0.25) is 0 Å². The second-order valence-electron chi connectivity index (χ2n) is 6.65. The number of rotatable bonds is 5. The van der Waals surface area contributed by atoms with E-state index < -0.39 is 0 Å². The maximum atomic E-state index is 4.28. The van der Waals surface area contributed by atoms with E-state index in [9.17, 15) is 0 Å². The van der Waals surface area contributed by atoms with Crippen molar-refractivity contribution in [2.75, 3.05) is 13.6 Å². The van der Waals surface area contributed by atoms with Crippen LogP contribution in [-0.2, 0) is 13.6 Å². The fraction of sp³-hybridized carbons (Fsp3) is 0.812. The van der Waals surface area contributed by atoms with E-state index in [0.717, 1.165) is 24.9 Å². The molecule has 4 unspecified atom stereocenters. The van der Waals surface area contributed by atoms with Crippen molar-refractivity contribution >= 4 is 0 Å². The molecule has 0 saturated heterocycles. The molecule has 1 aromatic rings. The van der Waals surface area contributed by atoms with Crippen molar-refractivity contribution in [3.8, 4) is 0 Å². The Kier molecular flexibility index (Phi) is 5.22. The van der Waals surface area contributed by atoms with Crippen molar-refractivity contribution in [3.05, 3.63) is 18.0 Å². The highest BCUT2D eigenvalue weighted by atomic mass is 15.2. The van der Waals surface area contributed by atoms with Crippen LogP contribution >= 0.6 is 0 Å². The molecule has 0 aliphatic heterocycles. The van der Waals surface area contributed by atoms with Crippen LogP contribution in [0.25, 0.3) is 0 Å². The average Bonchev–Trinajstić information content (AvgIpc) is 2.74. The minimum Gasteiger partial charge on any atom is -0.313 e. The third kappa shape index (κ3) is 3.61. The molecule has 1 N–H and O–H groups in total. The van der Waals surface area contributed by atoms with Crippen LogP contribution in [0.3, 0.4) is 0 Å². The van der Waals surface area contributed by atoms with Crippen molar-refractivity contribution < 1.29 is 0 Å². The van der Waals surface area contributed by atoms with Crippen LogP contribution in [0, 0.1) is 11.8 Å². The number of aryl methyl sites for hydroxylation is 1.